The van der Waals surface area contributed by atoms with Crippen molar-refractivity contribution in [3.8, 4) is 0 Å². The van der Waals surface area contributed by atoms with Gasteiger partial charge < -0.3 is 15.0 Å². The Bertz CT molecular complexity index is 515. The number of hydrogen-bond donors (Lipinski definition) is 1. The van der Waals surface area contributed by atoms with E-state index in [1.54, 1.807) is 17.4 Å². The van der Waals surface area contributed by atoms with Crippen LogP contribution in [0.3, 0.4) is 0 Å². The topological polar surface area (TPSA) is 41.6 Å². The summed E-state index contributed by atoms with van der Waals surface area (Å²) >= 11 is 1.64. The summed E-state index contributed by atoms with van der Waals surface area (Å²) in [6, 6.07) is 4.01. The van der Waals surface area contributed by atoms with Crippen molar-refractivity contribution in [3.05, 3.63) is 28.5 Å². The number of likely N-dealkylation sites (tertiary alicyclic amines) is 1. The van der Waals surface area contributed by atoms with Gasteiger partial charge >= 0.3 is 0 Å². The third-order valence-corrected chi connectivity index (χ3v) is 5.73. The van der Waals surface area contributed by atoms with Gasteiger partial charge in [0.1, 0.15) is 0 Å². The van der Waals surface area contributed by atoms with Gasteiger partial charge in [-0.3, -0.25) is 4.79 Å². The van der Waals surface area contributed by atoms with Gasteiger partial charge in [0, 0.05) is 42.7 Å². The Morgan fingerprint density at radius 3 is 2.83 bits per heavy atom. The van der Waals surface area contributed by atoms with Crippen LogP contribution in [0, 0.1) is 5.41 Å². The highest BCUT2D eigenvalue weighted by Crippen LogP contribution is 2.32. The number of carbonyl (C=O) groups excluding carboxylic acids is 1. The Kier molecular flexibility index (Phi) is 5.86. The summed E-state index contributed by atoms with van der Waals surface area (Å²) in [5.41, 5.74) is 0.176. The van der Waals surface area contributed by atoms with Gasteiger partial charge in [0.25, 0.3) is 0 Å². The average molecular weight is 334 g/mol. The lowest BCUT2D eigenvalue weighted by atomic mass is 9.79. The van der Waals surface area contributed by atoms with Crippen LogP contribution in [0.25, 0.3) is 6.08 Å². The first-order chi connectivity index (χ1) is 11.3. The first kappa shape index (κ1) is 16.7. The molecule has 2 aliphatic rings. The van der Waals surface area contributed by atoms with Crippen LogP contribution in [0.15, 0.2) is 23.6 Å². The molecule has 126 valence electrons. The van der Waals surface area contributed by atoms with E-state index in [-0.39, 0.29) is 11.3 Å². The highest BCUT2D eigenvalue weighted by Gasteiger charge is 2.35. The molecule has 2 saturated heterocycles. The predicted octanol–water partition coefficient (Wildman–Crippen LogP) is 2.77. The minimum absolute atomic E-state index is 0.00527. The van der Waals surface area contributed by atoms with Gasteiger partial charge in [0.05, 0.1) is 0 Å². The zero-order chi connectivity index (χ0) is 16.0. The minimum atomic E-state index is 0.00527. The number of nitrogens with one attached hydrogen (secondary N) is 1. The number of thiophene rings is 1. The smallest absolute Gasteiger partial charge is 0.244 e. The predicted molar refractivity (Wildman–Crippen MR) is 94.5 cm³/mol. The van der Waals surface area contributed by atoms with Crippen molar-refractivity contribution in [1.82, 2.24) is 10.2 Å². The molecular weight excluding hydrogens is 308 g/mol. The molecule has 5 heteroatoms. The van der Waals surface area contributed by atoms with Gasteiger partial charge in [-0.25, -0.2) is 0 Å². The van der Waals surface area contributed by atoms with Gasteiger partial charge in [-0.2, -0.15) is 0 Å². The van der Waals surface area contributed by atoms with Crippen LogP contribution in [-0.2, 0) is 9.53 Å². The number of amides is 1. The van der Waals surface area contributed by atoms with Crippen molar-refractivity contribution in [3.63, 3.8) is 0 Å². The van der Waals surface area contributed by atoms with Crippen molar-refractivity contribution in [2.45, 2.75) is 25.7 Å². The van der Waals surface area contributed by atoms with E-state index in [1.807, 2.05) is 23.6 Å². The molecule has 2 aliphatic heterocycles. The summed E-state index contributed by atoms with van der Waals surface area (Å²) in [5, 5.41) is 5.14. The largest absolute Gasteiger partial charge is 0.381 e. The summed E-state index contributed by atoms with van der Waals surface area (Å²) in [6.45, 7) is 5.87. The quantitative estimate of drug-likeness (QED) is 0.814. The van der Waals surface area contributed by atoms with Crippen molar-refractivity contribution in [2.75, 3.05) is 39.4 Å². The Balaban J connectivity index is 1.54. The molecule has 3 rings (SSSR count). The molecule has 1 aromatic heterocycles. The van der Waals surface area contributed by atoms with E-state index in [0.717, 1.165) is 44.0 Å². The molecular formula is C18H26N2O2S. The molecule has 0 atom stereocenters. The van der Waals surface area contributed by atoms with Gasteiger partial charge in [0.15, 0.2) is 0 Å². The maximum Gasteiger partial charge on any atom is 0.244 e. The molecule has 0 spiro atoms. The standard InChI is InChI=1S/C18H26N2O2S/c21-17(6-5-16-4-3-13-23-16)19-14-18(7-11-22-12-8-18)15-20-9-1-2-10-20/h3-6,13H,1-2,7-12,14-15H2,(H,19,21)/b6-5+. The molecule has 0 aromatic carbocycles. The molecule has 3 heterocycles. The lowest BCUT2D eigenvalue weighted by molar-refractivity contribution is -0.117. The molecule has 1 amide bonds. The van der Waals surface area contributed by atoms with Crippen molar-refractivity contribution in [1.29, 1.82) is 0 Å². The summed E-state index contributed by atoms with van der Waals surface area (Å²) in [6.07, 6.45) is 8.23. The molecule has 0 radical (unpaired) electrons. The molecule has 0 aliphatic carbocycles. The maximum absolute atomic E-state index is 12.1. The molecule has 1 N–H and O–H groups in total. The van der Waals surface area contributed by atoms with E-state index >= 15 is 0 Å². The second kappa shape index (κ2) is 8.08. The molecule has 0 saturated carbocycles. The fourth-order valence-corrected chi connectivity index (χ4v) is 4.11. The van der Waals surface area contributed by atoms with Crippen LogP contribution in [0.4, 0.5) is 0 Å². The van der Waals surface area contributed by atoms with Crippen LogP contribution in [-0.4, -0.2) is 50.2 Å². The van der Waals surface area contributed by atoms with Crippen LogP contribution in [0.1, 0.15) is 30.6 Å². The van der Waals surface area contributed by atoms with Crippen LogP contribution >= 0.6 is 11.3 Å². The molecule has 2 fully saturated rings. The number of nitrogens with zero attached hydrogens (tertiary/aromatic N) is 1. The third-order valence-electron chi connectivity index (χ3n) is 4.89. The molecule has 23 heavy (non-hydrogen) atoms. The fraction of sp³-hybridized carbons (Fsp3) is 0.611. The number of ether oxygens (including phenoxy) is 1. The molecule has 0 unspecified atom stereocenters. The van der Waals surface area contributed by atoms with Gasteiger partial charge in [-0.1, -0.05) is 6.07 Å². The maximum atomic E-state index is 12.1. The van der Waals surface area contributed by atoms with E-state index in [1.165, 1.54) is 25.9 Å². The van der Waals surface area contributed by atoms with Crippen molar-refractivity contribution >= 4 is 23.3 Å². The minimum Gasteiger partial charge on any atom is -0.381 e. The normalized spacial score (nSPS) is 21.7. The molecule has 0 bridgehead atoms. The number of hydrogen-bond acceptors (Lipinski definition) is 4. The molecule has 4 nitrogen and oxygen atoms in total. The van der Waals surface area contributed by atoms with Gasteiger partial charge in [0.2, 0.25) is 5.91 Å². The first-order valence-corrected chi connectivity index (χ1v) is 9.43. The average Bonchev–Trinajstić information content (AvgIpc) is 3.25. The second-order valence-electron chi connectivity index (χ2n) is 6.66. The second-order valence-corrected chi connectivity index (χ2v) is 7.64. The Morgan fingerprint density at radius 2 is 2.13 bits per heavy atom. The van der Waals surface area contributed by atoms with Crippen molar-refractivity contribution < 1.29 is 9.53 Å². The van der Waals surface area contributed by atoms with Crippen LogP contribution < -0.4 is 5.32 Å². The van der Waals surface area contributed by atoms with E-state index < -0.39 is 0 Å². The third kappa shape index (κ3) is 4.90. The van der Waals surface area contributed by atoms with E-state index in [2.05, 4.69) is 10.2 Å². The van der Waals surface area contributed by atoms with Gasteiger partial charge in [-0.15, -0.1) is 11.3 Å². The van der Waals surface area contributed by atoms with Gasteiger partial charge in [-0.05, 0) is 56.3 Å². The van der Waals surface area contributed by atoms with E-state index in [9.17, 15) is 4.79 Å². The first-order valence-electron chi connectivity index (χ1n) is 8.55. The Morgan fingerprint density at radius 1 is 1.35 bits per heavy atom. The highest BCUT2D eigenvalue weighted by atomic mass is 32.1. The monoisotopic (exact) mass is 334 g/mol. The van der Waals surface area contributed by atoms with Crippen LogP contribution in [0.2, 0.25) is 0 Å². The lowest BCUT2D eigenvalue weighted by Gasteiger charge is -2.40. The summed E-state index contributed by atoms with van der Waals surface area (Å²) in [7, 11) is 0. The SMILES string of the molecule is O=C(/C=C/c1cccs1)NCC1(CN2CCCC2)CCOCC1. The van der Waals surface area contributed by atoms with Crippen LogP contribution in [0.5, 0.6) is 0 Å². The summed E-state index contributed by atoms with van der Waals surface area (Å²) in [5.74, 6) is 0.00527. The van der Waals surface area contributed by atoms with E-state index in [4.69, 9.17) is 4.74 Å². The lowest BCUT2D eigenvalue weighted by Crippen LogP contribution is -2.47. The van der Waals surface area contributed by atoms with E-state index in [0.29, 0.717) is 0 Å². The number of carbonyl (C=O) groups is 1. The summed E-state index contributed by atoms with van der Waals surface area (Å²) < 4.78 is 5.55. The zero-order valence-corrected chi connectivity index (χ0v) is 14.4. The van der Waals surface area contributed by atoms with Crippen molar-refractivity contribution in [2.24, 2.45) is 5.41 Å². The Labute approximate surface area is 142 Å². The zero-order valence-electron chi connectivity index (χ0n) is 13.6. The highest BCUT2D eigenvalue weighted by molar-refractivity contribution is 7.10. The summed E-state index contributed by atoms with van der Waals surface area (Å²) in [4.78, 5) is 15.8. The molecule has 1 aromatic rings. The Hall–Kier alpha value is -1.17. The number of rotatable bonds is 6. The fourth-order valence-electron chi connectivity index (χ4n) is 3.49.